The third kappa shape index (κ3) is 3.46. The van der Waals surface area contributed by atoms with Gasteiger partial charge in [-0.15, -0.1) is 0 Å². The molecule has 0 aliphatic carbocycles. The lowest BCUT2D eigenvalue weighted by molar-refractivity contribution is 0.395. The molecule has 0 heterocycles. The molecule has 0 radical (unpaired) electrons. The Morgan fingerprint density at radius 3 is 2.29 bits per heavy atom. The maximum absolute atomic E-state index is 13.4. The molecule has 0 aliphatic heterocycles. The highest BCUT2D eigenvalue weighted by Crippen LogP contribution is 2.18. The van der Waals surface area contributed by atoms with Gasteiger partial charge in [-0.1, -0.05) is 19.9 Å². The van der Waals surface area contributed by atoms with E-state index < -0.39 is 17.5 Å². The van der Waals surface area contributed by atoms with Gasteiger partial charge in [0, 0.05) is 6.04 Å². The zero-order valence-electron chi connectivity index (χ0n) is 10.4. The van der Waals surface area contributed by atoms with Gasteiger partial charge in [0.2, 0.25) is 0 Å². The topological polar surface area (TPSA) is 12.0 Å². The molecule has 0 spiro atoms. The van der Waals surface area contributed by atoms with Crippen LogP contribution in [0.5, 0.6) is 0 Å². The Bertz CT molecular complexity index is 377. The highest BCUT2D eigenvalue weighted by Gasteiger charge is 2.16. The summed E-state index contributed by atoms with van der Waals surface area (Å²) in [5, 5.41) is 3.13. The first-order valence-electron chi connectivity index (χ1n) is 5.77. The Hall–Kier alpha value is -1.03. The Kier molecular flexibility index (Phi) is 5.00. The number of rotatable bonds is 5. The number of hydrogen-bond acceptors (Lipinski definition) is 1. The van der Waals surface area contributed by atoms with E-state index in [4.69, 9.17) is 0 Å². The van der Waals surface area contributed by atoms with E-state index in [1.807, 2.05) is 7.05 Å². The van der Waals surface area contributed by atoms with Crippen molar-refractivity contribution in [1.82, 2.24) is 5.32 Å². The summed E-state index contributed by atoms with van der Waals surface area (Å²) in [5.74, 6) is -3.18. The van der Waals surface area contributed by atoms with Crippen molar-refractivity contribution in [3.05, 3.63) is 35.1 Å². The second-order valence-electron chi connectivity index (χ2n) is 4.51. The maximum Gasteiger partial charge on any atom is 0.194 e. The van der Waals surface area contributed by atoms with Crippen LogP contribution in [-0.2, 0) is 6.42 Å². The van der Waals surface area contributed by atoms with Gasteiger partial charge in [0.05, 0.1) is 0 Å². The van der Waals surface area contributed by atoms with Crippen LogP contribution in [0, 0.1) is 23.4 Å². The minimum atomic E-state index is -1.38. The normalized spacial score (nSPS) is 13.1. The van der Waals surface area contributed by atoms with Gasteiger partial charge in [0.1, 0.15) is 0 Å². The summed E-state index contributed by atoms with van der Waals surface area (Å²) in [6.07, 6.45) is 1.09. The zero-order chi connectivity index (χ0) is 13.0. The Labute approximate surface area is 100 Å². The van der Waals surface area contributed by atoms with Crippen LogP contribution in [0.4, 0.5) is 13.2 Å². The van der Waals surface area contributed by atoms with Crippen molar-refractivity contribution >= 4 is 0 Å². The number of hydrogen-bond donors (Lipinski definition) is 1. The van der Waals surface area contributed by atoms with Gasteiger partial charge in [-0.3, -0.25) is 0 Å². The lowest BCUT2D eigenvalue weighted by atomic mass is 9.96. The van der Waals surface area contributed by atoms with E-state index in [9.17, 15) is 13.2 Å². The first kappa shape index (κ1) is 14.0. The van der Waals surface area contributed by atoms with Crippen molar-refractivity contribution in [3.8, 4) is 0 Å². The standard InChI is InChI=1S/C13H18F3N/c1-8(2)11(17-3)7-5-9-4-6-10(14)13(16)12(9)15/h4,6,8,11,17H,5,7H2,1-3H3. The van der Waals surface area contributed by atoms with E-state index in [0.29, 0.717) is 18.8 Å². The molecule has 1 aromatic rings. The summed E-state index contributed by atoms with van der Waals surface area (Å²) in [5.41, 5.74) is 0.227. The number of nitrogens with one attached hydrogen (secondary N) is 1. The molecule has 0 amide bonds. The van der Waals surface area contributed by atoms with Crippen molar-refractivity contribution in [2.75, 3.05) is 7.05 Å². The largest absolute Gasteiger partial charge is 0.317 e. The quantitative estimate of drug-likeness (QED) is 0.785. The van der Waals surface area contributed by atoms with Crippen molar-refractivity contribution in [1.29, 1.82) is 0 Å². The van der Waals surface area contributed by atoms with Gasteiger partial charge in [0.25, 0.3) is 0 Å². The van der Waals surface area contributed by atoms with E-state index in [1.54, 1.807) is 0 Å². The highest BCUT2D eigenvalue weighted by atomic mass is 19.2. The lowest BCUT2D eigenvalue weighted by Crippen LogP contribution is -2.31. The fourth-order valence-electron chi connectivity index (χ4n) is 1.88. The molecule has 1 N–H and O–H groups in total. The van der Waals surface area contributed by atoms with E-state index in [0.717, 1.165) is 6.07 Å². The average Bonchev–Trinajstić information content (AvgIpc) is 2.29. The molecule has 1 unspecified atom stereocenters. The summed E-state index contributed by atoms with van der Waals surface area (Å²) >= 11 is 0. The summed E-state index contributed by atoms with van der Waals surface area (Å²) in [7, 11) is 1.84. The fourth-order valence-corrected chi connectivity index (χ4v) is 1.88. The Morgan fingerprint density at radius 1 is 1.12 bits per heavy atom. The van der Waals surface area contributed by atoms with Gasteiger partial charge in [-0.2, -0.15) is 0 Å². The molecule has 17 heavy (non-hydrogen) atoms. The fraction of sp³-hybridized carbons (Fsp3) is 0.538. The average molecular weight is 245 g/mol. The maximum atomic E-state index is 13.4. The van der Waals surface area contributed by atoms with E-state index in [2.05, 4.69) is 19.2 Å². The van der Waals surface area contributed by atoms with Gasteiger partial charge in [-0.05, 0) is 37.4 Å². The molecular formula is C13H18F3N. The van der Waals surface area contributed by atoms with Crippen LogP contribution in [0.1, 0.15) is 25.8 Å². The summed E-state index contributed by atoms with van der Waals surface area (Å²) < 4.78 is 39.1. The molecular weight excluding hydrogens is 227 g/mol. The summed E-state index contributed by atoms with van der Waals surface area (Å²) in [6, 6.07) is 2.51. The number of benzene rings is 1. The van der Waals surface area contributed by atoms with Gasteiger partial charge >= 0.3 is 0 Å². The second-order valence-corrected chi connectivity index (χ2v) is 4.51. The van der Waals surface area contributed by atoms with E-state index in [1.165, 1.54) is 6.07 Å². The molecule has 0 saturated carbocycles. The third-order valence-corrected chi connectivity index (χ3v) is 3.02. The molecule has 1 rings (SSSR count). The minimum absolute atomic E-state index is 0.227. The second kappa shape index (κ2) is 6.05. The summed E-state index contributed by atoms with van der Waals surface area (Å²) in [4.78, 5) is 0. The van der Waals surface area contributed by atoms with Crippen molar-refractivity contribution in [2.45, 2.75) is 32.7 Å². The lowest BCUT2D eigenvalue weighted by Gasteiger charge is -2.20. The minimum Gasteiger partial charge on any atom is -0.317 e. The van der Waals surface area contributed by atoms with Crippen molar-refractivity contribution in [2.24, 2.45) is 5.92 Å². The molecule has 1 aromatic carbocycles. The summed E-state index contributed by atoms with van der Waals surface area (Å²) in [6.45, 7) is 4.12. The number of halogens is 3. The van der Waals surface area contributed by atoms with Crippen LogP contribution in [0.15, 0.2) is 12.1 Å². The van der Waals surface area contributed by atoms with Crippen LogP contribution in [0.25, 0.3) is 0 Å². The molecule has 0 bridgehead atoms. The van der Waals surface area contributed by atoms with Crippen molar-refractivity contribution < 1.29 is 13.2 Å². The molecule has 1 atom stereocenters. The van der Waals surface area contributed by atoms with E-state index >= 15 is 0 Å². The zero-order valence-corrected chi connectivity index (χ0v) is 10.4. The molecule has 4 heteroatoms. The first-order chi connectivity index (χ1) is 7.97. The van der Waals surface area contributed by atoms with Gasteiger partial charge < -0.3 is 5.32 Å². The predicted octanol–water partition coefficient (Wildman–Crippen LogP) is 3.28. The van der Waals surface area contributed by atoms with Crippen LogP contribution in [0.2, 0.25) is 0 Å². The predicted molar refractivity (Wildman–Crippen MR) is 62.3 cm³/mol. The number of aryl methyl sites for hydroxylation is 1. The smallest absolute Gasteiger partial charge is 0.194 e. The van der Waals surface area contributed by atoms with Crippen LogP contribution < -0.4 is 5.32 Å². The van der Waals surface area contributed by atoms with Gasteiger partial charge in [0.15, 0.2) is 17.5 Å². The Balaban J connectivity index is 2.73. The van der Waals surface area contributed by atoms with Gasteiger partial charge in [-0.25, -0.2) is 13.2 Å². The third-order valence-electron chi connectivity index (χ3n) is 3.02. The monoisotopic (exact) mass is 245 g/mol. The van der Waals surface area contributed by atoms with Crippen LogP contribution in [0.3, 0.4) is 0 Å². The van der Waals surface area contributed by atoms with E-state index in [-0.39, 0.29) is 11.6 Å². The van der Waals surface area contributed by atoms with Crippen LogP contribution >= 0.6 is 0 Å². The molecule has 96 valence electrons. The first-order valence-corrected chi connectivity index (χ1v) is 5.77. The molecule has 0 fully saturated rings. The molecule has 0 aromatic heterocycles. The van der Waals surface area contributed by atoms with Crippen LogP contribution in [-0.4, -0.2) is 13.1 Å². The molecule has 0 aliphatic rings. The highest BCUT2D eigenvalue weighted by molar-refractivity contribution is 5.20. The molecule has 0 saturated heterocycles. The SMILES string of the molecule is CNC(CCc1ccc(F)c(F)c1F)C(C)C. The Morgan fingerprint density at radius 2 is 1.76 bits per heavy atom. The van der Waals surface area contributed by atoms with Crippen molar-refractivity contribution in [3.63, 3.8) is 0 Å². The molecule has 1 nitrogen and oxygen atoms in total.